The van der Waals surface area contributed by atoms with Crippen molar-refractivity contribution in [1.29, 1.82) is 0 Å². The average Bonchev–Trinajstić information content (AvgIpc) is 2.37. The quantitative estimate of drug-likeness (QED) is 0.608. The van der Waals surface area contributed by atoms with Crippen LogP contribution in [0, 0.1) is 10.1 Å². The zero-order valence-electron chi connectivity index (χ0n) is 11.2. The Morgan fingerprint density at radius 3 is 2.70 bits per heavy atom. The van der Waals surface area contributed by atoms with Crippen LogP contribution in [0.15, 0.2) is 18.2 Å². The Balaban J connectivity index is 2.21. The number of hydrogen-bond acceptors (Lipinski definition) is 5. The van der Waals surface area contributed by atoms with Crippen LogP contribution in [0.5, 0.6) is 0 Å². The van der Waals surface area contributed by atoms with E-state index >= 15 is 0 Å². The number of ether oxygens (including phenoxy) is 1. The summed E-state index contributed by atoms with van der Waals surface area (Å²) >= 11 is 0. The molecule has 1 aromatic carbocycles. The first-order chi connectivity index (χ1) is 9.47. The van der Waals surface area contributed by atoms with E-state index in [0.717, 1.165) is 19.3 Å². The van der Waals surface area contributed by atoms with Crippen molar-refractivity contribution in [2.45, 2.75) is 24.9 Å². The zero-order chi connectivity index (χ0) is 14.8. The number of hydrogen-bond donors (Lipinski definition) is 2. The molecule has 1 amide bonds. The van der Waals surface area contributed by atoms with Gasteiger partial charge in [0.05, 0.1) is 10.5 Å². The lowest BCUT2D eigenvalue weighted by Crippen LogP contribution is -2.45. The van der Waals surface area contributed by atoms with E-state index in [1.165, 1.54) is 18.2 Å². The fourth-order valence-corrected chi connectivity index (χ4v) is 2.27. The smallest absolute Gasteiger partial charge is 0.292 e. The van der Waals surface area contributed by atoms with Crippen LogP contribution in [0.1, 0.15) is 29.6 Å². The maximum absolute atomic E-state index is 11.2. The molecule has 0 aromatic heterocycles. The molecule has 0 saturated heterocycles. The molecule has 1 aliphatic rings. The number of primary amides is 1. The lowest BCUT2D eigenvalue weighted by atomic mass is 9.80. The van der Waals surface area contributed by atoms with Crippen molar-refractivity contribution >= 4 is 17.3 Å². The zero-order valence-corrected chi connectivity index (χ0v) is 11.2. The number of rotatable bonds is 6. The number of nitrogens with one attached hydrogen (secondary N) is 1. The number of nitrogens with two attached hydrogens (primary N) is 1. The van der Waals surface area contributed by atoms with Crippen LogP contribution in [0.4, 0.5) is 11.4 Å². The standard InChI is InChI=1S/C13H17N3O4/c1-20-13(5-2-6-13)8-15-10-7-9(12(14)17)3-4-11(10)16(18)19/h3-4,7,15H,2,5-6,8H2,1H3,(H2,14,17). The molecular weight excluding hydrogens is 262 g/mol. The Morgan fingerprint density at radius 2 is 2.25 bits per heavy atom. The Kier molecular flexibility index (Phi) is 3.89. The van der Waals surface area contributed by atoms with E-state index in [9.17, 15) is 14.9 Å². The Bertz CT molecular complexity index is 535. The first-order valence-electron chi connectivity index (χ1n) is 6.35. The summed E-state index contributed by atoms with van der Waals surface area (Å²) in [5.74, 6) is -0.618. The number of carbonyl (C=O) groups excluding carboxylic acids is 1. The highest BCUT2D eigenvalue weighted by molar-refractivity contribution is 5.94. The molecule has 7 nitrogen and oxygen atoms in total. The number of amides is 1. The van der Waals surface area contributed by atoms with Gasteiger partial charge in [-0.1, -0.05) is 0 Å². The van der Waals surface area contributed by atoms with E-state index in [4.69, 9.17) is 10.5 Å². The molecule has 0 spiro atoms. The van der Waals surface area contributed by atoms with Crippen LogP contribution in [0.25, 0.3) is 0 Å². The Labute approximate surface area is 116 Å². The van der Waals surface area contributed by atoms with Gasteiger partial charge in [0.15, 0.2) is 0 Å². The highest BCUT2D eigenvalue weighted by Crippen LogP contribution is 2.36. The van der Waals surface area contributed by atoms with Gasteiger partial charge < -0.3 is 15.8 Å². The van der Waals surface area contributed by atoms with Crippen molar-refractivity contribution in [2.75, 3.05) is 19.0 Å². The van der Waals surface area contributed by atoms with Crippen molar-refractivity contribution in [3.05, 3.63) is 33.9 Å². The highest BCUT2D eigenvalue weighted by Gasteiger charge is 2.37. The second-order valence-electron chi connectivity index (χ2n) is 4.95. The fourth-order valence-electron chi connectivity index (χ4n) is 2.27. The molecule has 0 atom stereocenters. The average molecular weight is 279 g/mol. The molecule has 0 radical (unpaired) electrons. The molecule has 1 aliphatic carbocycles. The molecule has 1 saturated carbocycles. The van der Waals surface area contributed by atoms with E-state index in [1.54, 1.807) is 7.11 Å². The van der Waals surface area contributed by atoms with Crippen LogP contribution >= 0.6 is 0 Å². The third-order valence-electron chi connectivity index (χ3n) is 3.78. The van der Waals surface area contributed by atoms with Crippen LogP contribution in [0.3, 0.4) is 0 Å². The Morgan fingerprint density at radius 1 is 1.55 bits per heavy atom. The summed E-state index contributed by atoms with van der Waals surface area (Å²) in [6, 6.07) is 4.03. The van der Waals surface area contributed by atoms with Crippen LogP contribution in [-0.2, 0) is 4.74 Å². The van der Waals surface area contributed by atoms with Gasteiger partial charge in [-0.2, -0.15) is 0 Å². The SMILES string of the molecule is COC1(CNc2cc(C(N)=O)ccc2[N+](=O)[O-])CCC1. The van der Waals surface area contributed by atoms with E-state index in [-0.39, 0.29) is 22.5 Å². The van der Waals surface area contributed by atoms with Crippen molar-refractivity contribution in [2.24, 2.45) is 5.73 Å². The molecule has 0 heterocycles. The molecule has 1 fully saturated rings. The highest BCUT2D eigenvalue weighted by atomic mass is 16.6. The summed E-state index contributed by atoms with van der Waals surface area (Å²) in [7, 11) is 1.63. The number of benzene rings is 1. The van der Waals surface area contributed by atoms with Crippen LogP contribution in [0.2, 0.25) is 0 Å². The van der Waals surface area contributed by atoms with Crippen molar-refractivity contribution < 1.29 is 14.5 Å². The number of methoxy groups -OCH3 is 1. The molecule has 108 valence electrons. The first-order valence-corrected chi connectivity index (χ1v) is 6.35. The van der Waals surface area contributed by atoms with Gasteiger partial charge >= 0.3 is 0 Å². The third-order valence-corrected chi connectivity index (χ3v) is 3.78. The van der Waals surface area contributed by atoms with Crippen molar-refractivity contribution in [1.82, 2.24) is 0 Å². The van der Waals surface area contributed by atoms with Gasteiger partial charge in [0.2, 0.25) is 5.91 Å². The van der Waals surface area contributed by atoms with Gasteiger partial charge in [-0.15, -0.1) is 0 Å². The van der Waals surface area contributed by atoms with Gasteiger partial charge in [-0.3, -0.25) is 14.9 Å². The summed E-state index contributed by atoms with van der Waals surface area (Å²) in [6.45, 7) is 0.465. The summed E-state index contributed by atoms with van der Waals surface area (Å²) < 4.78 is 5.45. The number of nitro benzene ring substituents is 1. The molecule has 2 rings (SSSR count). The molecule has 0 bridgehead atoms. The molecule has 7 heteroatoms. The fraction of sp³-hybridized carbons (Fsp3) is 0.462. The summed E-state index contributed by atoms with van der Waals surface area (Å²) in [6.07, 6.45) is 2.92. The topological polar surface area (TPSA) is 107 Å². The summed E-state index contributed by atoms with van der Waals surface area (Å²) in [4.78, 5) is 21.7. The maximum atomic E-state index is 11.2. The van der Waals surface area contributed by atoms with Gasteiger partial charge in [0.25, 0.3) is 5.69 Å². The Hall–Kier alpha value is -2.15. The largest absolute Gasteiger partial charge is 0.377 e. The molecule has 20 heavy (non-hydrogen) atoms. The molecule has 1 aromatic rings. The predicted molar refractivity (Wildman–Crippen MR) is 73.7 cm³/mol. The number of nitro groups is 1. The molecule has 0 unspecified atom stereocenters. The summed E-state index contributed by atoms with van der Waals surface area (Å²) in [5.41, 5.74) is 5.36. The van der Waals surface area contributed by atoms with E-state index < -0.39 is 10.8 Å². The predicted octanol–water partition coefficient (Wildman–Crippen LogP) is 1.67. The first kappa shape index (κ1) is 14.3. The molecule has 3 N–H and O–H groups in total. The van der Waals surface area contributed by atoms with Gasteiger partial charge in [-0.05, 0) is 31.4 Å². The van der Waals surface area contributed by atoms with Crippen molar-refractivity contribution in [3.63, 3.8) is 0 Å². The maximum Gasteiger partial charge on any atom is 0.292 e. The third kappa shape index (κ3) is 2.72. The minimum atomic E-state index is -0.618. The number of nitrogens with zero attached hydrogens (tertiary/aromatic N) is 1. The van der Waals surface area contributed by atoms with Crippen molar-refractivity contribution in [3.8, 4) is 0 Å². The monoisotopic (exact) mass is 279 g/mol. The minimum absolute atomic E-state index is 0.0828. The van der Waals surface area contributed by atoms with E-state index in [2.05, 4.69) is 5.32 Å². The lowest BCUT2D eigenvalue weighted by molar-refractivity contribution is -0.384. The van der Waals surface area contributed by atoms with E-state index in [0.29, 0.717) is 6.54 Å². The second-order valence-corrected chi connectivity index (χ2v) is 4.95. The minimum Gasteiger partial charge on any atom is -0.377 e. The molecular formula is C13H17N3O4. The van der Waals surface area contributed by atoms with Gasteiger partial charge in [0.1, 0.15) is 5.69 Å². The lowest BCUT2D eigenvalue weighted by Gasteiger charge is -2.40. The normalized spacial score (nSPS) is 16.2. The van der Waals surface area contributed by atoms with Crippen LogP contribution < -0.4 is 11.1 Å². The molecule has 0 aliphatic heterocycles. The second kappa shape index (κ2) is 5.46. The summed E-state index contributed by atoms with van der Waals surface area (Å²) in [5, 5.41) is 14.0. The number of anilines is 1. The number of carbonyl (C=O) groups is 1. The van der Waals surface area contributed by atoms with Gasteiger partial charge in [0, 0.05) is 25.3 Å². The van der Waals surface area contributed by atoms with Gasteiger partial charge in [-0.25, -0.2) is 0 Å². The van der Waals surface area contributed by atoms with E-state index in [1.807, 2.05) is 0 Å². The van der Waals surface area contributed by atoms with Crippen LogP contribution in [-0.4, -0.2) is 30.1 Å².